The van der Waals surface area contributed by atoms with Gasteiger partial charge in [0.2, 0.25) is 5.91 Å². The van der Waals surface area contributed by atoms with Crippen molar-refractivity contribution in [3.8, 4) is 5.75 Å². The topological polar surface area (TPSA) is 32.8 Å². The predicted octanol–water partition coefficient (Wildman–Crippen LogP) is 5.13. The Morgan fingerprint density at radius 3 is 2.44 bits per heavy atom. The average molecular weight is 457 g/mol. The van der Waals surface area contributed by atoms with Crippen LogP contribution in [0.25, 0.3) is 0 Å². The number of carbonyl (C=O) groups is 1. The highest BCUT2D eigenvalue weighted by Gasteiger charge is 2.76. The van der Waals surface area contributed by atoms with Crippen molar-refractivity contribution in [3.05, 3.63) is 60.2 Å². The fraction of sp³-hybridized carbons (Fsp3) is 0.567. The SMILES string of the molecule is COc1ccc(N2CCN(C(=O)CC3(c4ccccc4)C4CC5CC6CC3(C5)C6C4)CC2)cc1. The fourth-order valence-electron chi connectivity index (χ4n) is 9.51. The van der Waals surface area contributed by atoms with E-state index in [0.29, 0.717) is 17.2 Å². The molecular weight excluding hydrogens is 420 g/mol. The molecule has 1 amide bonds. The molecule has 4 bridgehead atoms. The summed E-state index contributed by atoms with van der Waals surface area (Å²) in [5, 5.41) is 0. The van der Waals surface area contributed by atoms with Crippen LogP contribution in [0.3, 0.4) is 0 Å². The predicted molar refractivity (Wildman–Crippen MR) is 134 cm³/mol. The number of carbonyl (C=O) groups excluding carboxylic acids is 1. The van der Waals surface area contributed by atoms with E-state index in [-0.39, 0.29) is 5.41 Å². The van der Waals surface area contributed by atoms with Gasteiger partial charge in [0, 0.05) is 43.7 Å². The quantitative estimate of drug-likeness (QED) is 0.625. The Labute approximate surface area is 203 Å². The van der Waals surface area contributed by atoms with Gasteiger partial charge in [-0.05, 0) is 91.0 Å². The van der Waals surface area contributed by atoms with Crippen molar-refractivity contribution in [3.63, 3.8) is 0 Å². The van der Waals surface area contributed by atoms with Crippen LogP contribution in [0.15, 0.2) is 54.6 Å². The first kappa shape index (κ1) is 20.8. The first-order chi connectivity index (χ1) is 16.6. The Balaban J connectivity index is 1.12. The number of fused-ring (bicyclic) bond motifs is 1. The number of amides is 1. The second kappa shape index (κ2) is 7.50. The van der Waals surface area contributed by atoms with E-state index < -0.39 is 0 Å². The molecule has 1 saturated heterocycles. The number of rotatable bonds is 5. The monoisotopic (exact) mass is 456 g/mol. The van der Waals surface area contributed by atoms with Gasteiger partial charge < -0.3 is 14.5 Å². The summed E-state index contributed by atoms with van der Waals surface area (Å²) < 4.78 is 5.30. The number of hydrogen-bond acceptors (Lipinski definition) is 3. The lowest BCUT2D eigenvalue weighted by molar-refractivity contribution is -0.165. The Hall–Kier alpha value is -2.49. The highest BCUT2D eigenvalue weighted by molar-refractivity contribution is 5.79. The number of hydrogen-bond donors (Lipinski definition) is 0. The lowest BCUT2D eigenvalue weighted by Gasteiger charge is -2.68. The fourth-order valence-corrected chi connectivity index (χ4v) is 9.51. The minimum absolute atomic E-state index is 0.0660. The van der Waals surface area contributed by atoms with Crippen molar-refractivity contribution < 1.29 is 9.53 Å². The number of anilines is 1. The molecular formula is C30H36N2O2. The van der Waals surface area contributed by atoms with Gasteiger partial charge in [0.25, 0.3) is 0 Å². The smallest absolute Gasteiger partial charge is 0.223 e. The van der Waals surface area contributed by atoms with Crippen LogP contribution in [0.4, 0.5) is 5.69 Å². The Morgan fingerprint density at radius 1 is 0.941 bits per heavy atom. The van der Waals surface area contributed by atoms with Crippen LogP contribution in [0, 0.1) is 29.1 Å². The van der Waals surface area contributed by atoms with Crippen molar-refractivity contribution in [1.29, 1.82) is 0 Å². The molecule has 1 spiro atoms. The summed E-state index contributed by atoms with van der Waals surface area (Å²) in [7, 11) is 1.70. The van der Waals surface area contributed by atoms with Crippen LogP contribution >= 0.6 is 0 Å². The van der Waals surface area contributed by atoms with E-state index in [1.165, 1.54) is 43.4 Å². The van der Waals surface area contributed by atoms with Crippen LogP contribution in [-0.2, 0) is 10.2 Å². The summed E-state index contributed by atoms with van der Waals surface area (Å²) in [6, 6.07) is 19.5. The zero-order valence-corrected chi connectivity index (χ0v) is 20.3. The average Bonchev–Trinajstić information content (AvgIpc) is 2.98. The molecule has 1 aliphatic heterocycles. The van der Waals surface area contributed by atoms with Gasteiger partial charge in [0.05, 0.1) is 7.11 Å². The summed E-state index contributed by atoms with van der Waals surface area (Å²) in [5.41, 5.74) is 3.14. The third-order valence-electron chi connectivity index (χ3n) is 10.7. The third kappa shape index (κ3) is 2.74. The Morgan fingerprint density at radius 2 is 1.71 bits per heavy atom. The molecule has 6 fully saturated rings. The summed E-state index contributed by atoms with van der Waals surface area (Å²) in [6.45, 7) is 3.44. The van der Waals surface area contributed by atoms with Gasteiger partial charge in [0.15, 0.2) is 0 Å². The van der Waals surface area contributed by atoms with Crippen molar-refractivity contribution >= 4 is 11.6 Å². The Bertz CT molecular complexity index is 1070. The van der Waals surface area contributed by atoms with E-state index in [1.54, 1.807) is 7.11 Å². The summed E-state index contributed by atoms with van der Waals surface area (Å²) in [4.78, 5) is 18.5. The molecule has 5 aliphatic carbocycles. The number of ether oxygens (including phenoxy) is 1. The van der Waals surface area contributed by atoms with E-state index in [4.69, 9.17) is 4.74 Å². The number of piperazine rings is 1. The molecule has 6 aliphatic rings. The highest BCUT2D eigenvalue weighted by atomic mass is 16.5. The lowest BCUT2D eigenvalue weighted by Crippen LogP contribution is -2.64. The molecule has 6 unspecified atom stereocenters. The normalized spacial score (nSPS) is 37.4. The maximum atomic E-state index is 13.9. The highest BCUT2D eigenvalue weighted by Crippen LogP contribution is 2.81. The van der Waals surface area contributed by atoms with Gasteiger partial charge in [-0.3, -0.25) is 4.79 Å². The molecule has 0 radical (unpaired) electrons. The van der Waals surface area contributed by atoms with Crippen LogP contribution in [-0.4, -0.2) is 44.1 Å². The van der Waals surface area contributed by atoms with Gasteiger partial charge >= 0.3 is 0 Å². The van der Waals surface area contributed by atoms with E-state index in [1.807, 2.05) is 12.1 Å². The second-order valence-electron chi connectivity index (χ2n) is 11.8. The molecule has 2 aromatic carbocycles. The number of benzene rings is 2. The molecule has 5 saturated carbocycles. The molecule has 178 valence electrons. The second-order valence-corrected chi connectivity index (χ2v) is 11.8. The van der Waals surface area contributed by atoms with Crippen molar-refractivity contribution in [2.45, 2.75) is 43.9 Å². The summed E-state index contributed by atoms with van der Waals surface area (Å²) >= 11 is 0. The molecule has 0 aromatic heterocycles. The lowest BCUT2D eigenvalue weighted by atomic mass is 9.36. The van der Waals surface area contributed by atoms with Gasteiger partial charge in [-0.1, -0.05) is 30.3 Å². The van der Waals surface area contributed by atoms with Crippen molar-refractivity contribution in [2.24, 2.45) is 29.1 Å². The van der Waals surface area contributed by atoms with Crippen LogP contribution in [0.2, 0.25) is 0 Å². The van der Waals surface area contributed by atoms with Gasteiger partial charge in [-0.25, -0.2) is 0 Å². The van der Waals surface area contributed by atoms with Gasteiger partial charge in [-0.15, -0.1) is 0 Å². The van der Waals surface area contributed by atoms with Crippen LogP contribution in [0.1, 0.15) is 44.1 Å². The van der Waals surface area contributed by atoms with E-state index in [9.17, 15) is 4.79 Å². The van der Waals surface area contributed by atoms with Crippen molar-refractivity contribution in [1.82, 2.24) is 4.90 Å². The largest absolute Gasteiger partial charge is 0.497 e. The number of nitrogens with zero attached hydrogens (tertiary/aromatic N) is 2. The molecule has 34 heavy (non-hydrogen) atoms. The first-order valence-electron chi connectivity index (χ1n) is 13.4. The maximum absolute atomic E-state index is 13.9. The zero-order chi connectivity index (χ0) is 22.9. The Kier molecular flexibility index (Phi) is 4.60. The van der Waals surface area contributed by atoms with Crippen LogP contribution in [0.5, 0.6) is 5.75 Å². The first-order valence-corrected chi connectivity index (χ1v) is 13.4. The van der Waals surface area contributed by atoms with Crippen molar-refractivity contribution in [2.75, 3.05) is 38.2 Å². The zero-order valence-electron chi connectivity index (χ0n) is 20.3. The van der Waals surface area contributed by atoms with E-state index in [2.05, 4.69) is 52.3 Å². The minimum atomic E-state index is 0.0660. The molecule has 6 atom stereocenters. The van der Waals surface area contributed by atoms with Crippen LogP contribution < -0.4 is 9.64 Å². The van der Waals surface area contributed by atoms with Gasteiger partial charge in [-0.2, -0.15) is 0 Å². The molecule has 4 nitrogen and oxygen atoms in total. The molecule has 2 aromatic rings. The summed E-state index contributed by atoms with van der Waals surface area (Å²) in [5.74, 6) is 4.70. The van der Waals surface area contributed by atoms with E-state index >= 15 is 0 Å². The number of methoxy groups -OCH3 is 1. The molecule has 4 heteroatoms. The molecule has 8 rings (SSSR count). The van der Waals surface area contributed by atoms with E-state index in [0.717, 1.165) is 56.1 Å². The maximum Gasteiger partial charge on any atom is 0.223 e. The molecule has 0 N–H and O–H groups in total. The molecule has 1 heterocycles. The minimum Gasteiger partial charge on any atom is -0.497 e. The summed E-state index contributed by atoms with van der Waals surface area (Å²) in [6.07, 6.45) is 7.65. The van der Waals surface area contributed by atoms with Gasteiger partial charge in [0.1, 0.15) is 5.75 Å². The third-order valence-corrected chi connectivity index (χ3v) is 10.7. The standard InChI is InChI=1S/C30H36N2O2/c1-34-26-9-7-25(8-10-26)31-11-13-32(14-12-31)28(33)20-30(23-5-3-2-4-6-23)24-16-21-15-22-19-29(30,18-21)27(22)17-24/h2-10,21-22,24,27H,11-20H2,1H3.